The summed E-state index contributed by atoms with van der Waals surface area (Å²) in [6.45, 7) is 2.85. The predicted octanol–water partition coefficient (Wildman–Crippen LogP) is 2.52. The zero-order chi connectivity index (χ0) is 19.3. The van der Waals surface area contributed by atoms with Gasteiger partial charge in [-0.3, -0.25) is 9.78 Å². The molecule has 1 aliphatic heterocycles. The quantitative estimate of drug-likeness (QED) is 0.575. The molecule has 0 spiro atoms. The van der Waals surface area contributed by atoms with Crippen LogP contribution in [0.15, 0.2) is 42.7 Å². The number of nitrogens with zero attached hydrogens (tertiary/aromatic N) is 4. The van der Waals surface area contributed by atoms with Gasteiger partial charge in [0.25, 0.3) is 0 Å². The average Bonchev–Trinajstić information content (AvgIpc) is 3.07. The third kappa shape index (κ3) is 4.14. The van der Waals surface area contributed by atoms with Crippen molar-refractivity contribution in [3.8, 4) is 6.01 Å². The lowest BCUT2D eigenvalue weighted by Gasteiger charge is -2.11. The van der Waals surface area contributed by atoms with Crippen molar-refractivity contribution in [2.24, 2.45) is 0 Å². The fraction of sp³-hybridized carbons (Fsp3) is 0.211. The van der Waals surface area contributed by atoms with Crippen LogP contribution in [0.2, 0.25) is 0 Å². The first-order chi connectivity index (χ1) is 13.7. The molecule has 0 fully saturated rings. The van der Waals surface area contributed by atoms with Crippen LogP contribution in [-0.2, 0) is 17.8 Å². The minimum absolute atomic E-state index is 0.00598. The maximum Gasteiger partial charge on any atom is 0.323 e. The van der Waals surface area contributed by atoms with Crippen molar-refractivity contribution in [2.45, 2.75) is 19.9 Å². The lowest BCUT2D eigenvalue weighted by molar-refractivity contribution is -0.115. The average molecular weight is 377 g/mol. The number of hydrogen-bond acceptors (Lipinski definition) is 8. The van der Waals surface area contributed by atoms with Gasteiger partial charge >= 0.3 is 6.01 Å². The molecule has 142 valence electrons. The normalized spacial score (nSPS) is 12.2. The van der Waals surface area contributed by atoms with E-state index in [4.69, 9.17) is 4.74 Å². The third-order valence-corrected chi connectivity index (χ3v) is 4.08. The van der Waals surface area contributed by atoms with Crippen LogP contribution in [0.1, 0.15) is 18.1 Å². The van der Waals surface area contributed by atoms with Crippen LogP contribution in [-0.4, -0.2) is 32.4 Å². The van der Waals surface area contributed by atoms with E-state index >= 15 is 0 Å². The van der Waals surface area contributed by atoms with Crippen LogP contribution in [0.3, 0.4) is 0 Å². The largest absolute Gasteiger partial charge is 0.464 e. The van der Waals surface area contributed by atoms with E-state index in [1.165, 1.54) is 0 Å². The van der Waals surface area contributed by atoms with Crippen molar-refractivity contribution >= 4 is 29.2 Å². The Bertz CT molecular complexity index is 995. The number of amides is 1. The summed E-state index contributed by atoms with van der Waals surface area (Å²) in [5.41, 5.74) is 3.58. The fourth-order valence-electron chi connectivity index (χ4n) is 2.79. The highest BCUT2D eigenvalue weighted by Crippen LogP contribution is 2.27. The van der Waals surface area contributed by atoms with E-state index in [1.54, 1.807) is 12.4 Å². The first-order valence-corrected chi connectivity index (χ1v) is 8.91. The maximum absolute atomic E-state index is 11.5. The number of benzene rings is 1. The van der Waals surface area contributed by atoms with Crippen molar-refractivity contribution in [1.82, 2.24) is 19.9 Å². The number of rotatable bonds is 7. The molecule has 0 saturated carbocycles. The van der Waals surface area contributed by atoms with Crippen molar-refractivity contribution in [2.75, 3.05) is 22.6 Å². The molecule has 1 aliphatic rings. The van der Waals surface area contributed by atoms with Gasteiger partial charge in [0.15, 0.2) is 0 Å². The molecule has 28 heavy (non-hydrogen) atoms. The summed E-state index contributed by atoms with van der Waals surface area (Å²) in [5.74, 6) is 0.737. The van der Waals surface area contributed by atoms with Crippen molar-refractivity contribution in [3.63, 3.8) is 0 Å². The Labute approximate surface area is 161 Å². The highest BCUT2D eigenvalue weighted by molar-refractivity contribution is 5.99. The molecule has 3 N–H and O–H groups in total. The molecule has 4 rings (SSSR count). The second-order valence-corrected chi connectivity index (χ2v) is 6.13. The zero-order valence-electron chi connectivity index (χ0n) is 15.3. The Balaban J connectivity index is 1.53. The van der Waals surface area contributed by atoms with Gasteiger partial charge in [0, 0.05) is 30.3 Å². The van der Waals surface area contributed by atoms with Gasteiger partial charge < -0.3 is 20.7 Å². The molecule has 1 aromatic carbocycles. The summed E-state index contributed by atoms with van der Waals surface area (Å²) in [5, 5.41) is 9.14. The number of ether oxygens (including phenoxy) is 1. The Morgan fingerprint density at radius 2 is 1.93 bits per heavy atom. The van der Waals surface area contributed by atoms with Crippen molar-refractivity contribution in [1.29, 1.82) is 0 Å². The molecule has 9 nitrogen and oxygen atoms in total. The molecular formula is C19H19N7O2. The van der Waals surface area contributed by atoms with E-state index in [0.717, 1.165) is 22.5 Å². The van der Waals surface area contributed by atoms with E-state index in [0.29, 0.717) is 31.5 Å². The highest BCUT2D eigenvalue weighted by atomic mass is 16.5. The van der Waals surface area contributed by atoms with Gasteiger partial charge in [0.1, 0.15) is 0 Å². The number of nitrogens with one attached hydrogen (secondary N) is 3. The Kier molecular flexibility index (Phi) is 4.96. The summed E-state index contributed by atoms with van der Waals surface area (Å²) in [6, 6.07) is 9.70. The molecular weight excluding hydrogens is 358 g/mol. The van der Waals surface area contributed by atoms with Crippen molar-refractivity contribution in [3.05, 3.63) is 53.9 Å². The fourth-order valence-corrected chi connectivity index (χ4v) is 2.79. The molecule has 0 saturated heterocycles. The Morgan fingerprint density at radius 3 is 2.75 bits per heavy atom. The standard InChI is InChI=1S/C19H19N7O2/c1-2-28-19-25-17(21-11-12-5-7-20-8-6-12)24-18(26-19)22-14-4-3-13-9-16(27)23-15(13)10-14/h3-8,10H,2,9,11H2,1H3,(H,23,27)(H2,21,22,24,25,26). The molecule has 0 atom stereocenters. The zero-order valence-corrected chi connectivity index (χ0v) is 15.3. The van der Waals surface area contributed by atoms with Crippen LogP contribution in [0.25, 0.3) is 0 Å². The van der Waals surface area contributed by atoms with Crippen LogP contribution in [0.5, 0.6) is 6.01 Å². The van der Waals surface area contributed by atoms with Crippen molar-refractivity contribution < 1.29 is 9.53 Å². The Morgan fingerprint density at radius 1 is 1.11 bits per heavy atom. The summed E-state index contributed by atoms with van der Waals surface area (Å²) in [6.07, 6.45) is 3.87. The number of carbonyl (C=O) groups is 1. The van der Waals surface area contributed by atoms with Crippen LogP contribution in [0, 0.1) is 0 Å². The van der Waals surface area contributed by atoms with Gasteiger partial charge in [-0.05, 0) is 42.3 Å². The molecule has 3 aromatic rings. The molecule has 0 radical (unpaired) electrons. The van der Waals surface area contributed by atoms with E-state index in [9.17, 15) is 4.79 Å². The molecule has 1 amide bonds. The maximum atomic E-state index is 11.5. The summed E-state index contributed by atoms with van der Waals surface area (Å²) in [7, 11) is 0. The van der Waals surface area contributed by atoms with E-state index < -0.39 is 0 Å². The lowest BCUT2D eigenvalue weighted by Crippen LogP contribution is -2.09. The van der Waals surface area contributed by atoms with Gasteiger partial charge in [-0.2, -0.15) is 15.0 Å². The smallest absolute Gasteiger partial charge is 0.323 e. The molecule has 3 heterocycles. The number of aromatic nitrogens is 4. The summed E-state index contributed by atoms with van der Waals surface area (Å²) >= 11 is 0. The van der Waals surface area contributed by atoms with Gasteiger partial charge in [-0.15, -0.1) is 0 Å². The van der Waals surface area contributed by atoms with Crippen LogP contribution in [0.4, 0.5) is 23.3 Å². The monoisotopic (exact) mass is 377 g/mol. The molecule has 0 bridgehead atoms. The first-order valence-electron chi connectivity index (χ1n) is 8.91. The van der Waals surface area contributed by atoms with Gasteiger partial charge in [-0.25, -0.2) is 0 Å². The third-order valence-electron chi connectivity index (χ3n) is 4.08. The summed E-state index contributed by atoms with van der Waals surface area (Å²) in [4.78, 5) is 28.5. The SMILES string of the molecule is CCOc1nc(NCc2ccncc2)nc(Nc2ccc3c(c2)NC(=O)C3)n1. The number of anilines is 4. The number of carbonyl (C=O) groups excluding carboxylic acids is 1. The molecule has 0 aliphatic carbocycles. The first kappa shape index (κ1) is 17.7. The number of pyridine rings is 1. The topological polar surface area (TPSA) is 114 Å². The minimum atomic E-state index is -0.00598. The minimum Gasteiger partial charge on any atom is -0.464 e. The predicted molar refractivity (Wildman–Crippen MR) is 105 cm³/mol. The van der Waals surface area contributed by atoms with Crippen LogP contribution >= 0.6 is 0 Å². The lowest BCUT2D eigenvalue weighted by atomic mass is 10.1. The summed E-state index contributed by atoms with van der Waals surface area (Å²) < 4.78 is 5.46. The second-order valence-electron chi connectivity index (χ2n) is 6.13. The molecule has 2 aromatic heterocycles. The van der Waals surface area contributed by atoms with Crippen LogP contribution < -0.4 is 20.7 Å². The number of fused-ring (bicyclic) bond motifs is 1. The molecule has 9 heteroatoms. The van der Waals surface area contributed by atoms with Gasteiger partial charge in [0.05, 0.1) is 13.0 Å². The Hall–Kier alpha value is -3.75. The van der Waals surface area contributed by atoms with Gasteiger partial charge in [-0.1, -0.05) is 6.07 Å². The second kappa shape index (κ2) is 7.87. The van der Waals surface area contributed by atoms with E-state index in [-0.39, 0.29) is 11.9 Å². The van der Waals surface area contributed by atoms with E-state index in [1.807, 2.05) is 37.3 Å². The number of hydrogen-bond donors (Lipinski definition) is 3. The van der Waals surface area contributed by atoms with Gasteiger partial charge in [0.2, 0.25) is 17.8 Å². The highest BCUT2D eigenvalue weighted by Gasteiger charge is 2.18. The van der Waals surface area contributed by atoms with E-state index in [2.05, 4.69) is 35.9 Å². The molecule has 0 unspecified atom stereocenters.